The predicted molar refractivity (Wildman–Crippen MR) is 92.8 cm³/mol. The summed E-state index contributed by atoms with van der Waals surface area (Å²) in [4.78, 5) is 23.0. The van der Waals surface area contributed by atoms with Crippen LogP contribution < -0.4 is 0 Å². The van der Waals surface area contributed by atoms with Crippen LogP contribution in [0.2, 0.25) is 0 Å². The molecule has 0 radical (unpaired) electrons. The average Bonchev–Trinajstić information content (AvgIpc) is 3.17. The molecule has 0 bridgehead atoms. The standard InChI is InChI=1S/C18H20N6O/c1-13-8-20-17(15-4-3-6-19-9-15)24(13)12-14-10-23(11-14)18(25)16-5-7-21-22(16)2/h3-9,14H,10-12H2,1-2H3. The van der Waals surface area contributed by atoms with Gasteiger partial charge in [-0.15, -0.1) is 0 Å². The Balaban J connectivity index is 1.45. The maximum absolute atomic E-state index is 12.4. The van der Waals surface area contributed by atoms with Gasteiger partial charge in [-0.2, -0.15) is 5.10 Å². The lowest BCUT2D eigenvalue weighted by atomic mass is 9.99. The Morgan fingerprint density at radius 1 is 1.24 bits per heavy atom. The number of carbonyl (C=O) groups excluding carboxylic acids is 1. The highest BCUT2D eigenvalue weighted by atomic mass is 16.2. The van der Waals surface area contributed by atoms with Crippen LogP contribution in [0, 0.1) is 12.8 Å². The van der Waals surface area contributed by atoms with Crippen LogP contribution in [0.3, 0.4) is 0 Å². The van der Waals surface area contributed by atoms with Crippen molar-refractivity contribution in [2.75, 3.05) is 13.1 Å². The Morgan fingerprint density at radius 3 is 2.76 bits per heavy atom. The number of hydrogen-bond acceptors (Lipinski definition) is 4. The van der Waals surface area contributed by atoms with Gasteiger partial charge in [0, 0.05) is 68.6 Å². The highest BCUT2D eigenvalue weighted by molar-refractivity contribution is 5.93. The van der Waals surface area contributed by atoms with Crippen molar-refractivity contribution < 1.29 is 4.79 Å². The summed E-state index contributed by atoms with van der Waals surface area (Å²) in [5, 5.41) is 4.07. The molecule has 0 atom stereocenters. The van der Waals surface area contributed by atoms with Gasteiger partial charge in [-0.25, -0.2) is 4.98 Å². The van der Waals surface area contributed by atoms with Crippen LogP contribution in [-0.4, -0.2) is 48.2 Å². The van der Waals surface area contributed by atoms with Gasteiger partial charge in [0.15, 0.2) is 0 Å². The van der Waals surface area contributed by atoms with E-state index in [1.807, 2.05) is 29.4 Å². The molecule has 1 amide bonds. The monoisotopic (exact) mass is 336 g/mol. The number of nitrogens with zero attached hydrogens (tertiary/aromatic N) is 6. The van der Waals surface area contributed by atoms with Crippen LogP contribution in [0.5, 0.6) is 0 Å². The van der Waals surface area contributed by atoms with Crippen molar-refractivity contribution >= 4 is 5.91 Å². The molecule has 4 rings (SSSR count). The molecule has 1 aliphatic rings. The summed E-state index contributed by atoms with van der Waals surface area (Å²) in [7, 11) is 1.79. The molecular formula is C18H20N6O. The number of aromatic nitrogens is 5. The van der Waals surface area contributed by atoms with Gasteiger partial charge in [-0.3, -0.25) is 14.5 Å². The summed E-state index contributed by atoms with van der Waals surface area (Å²) >= 11 is 0. The fourth-order valence-corrected chi connectivity index (χ4v) is 3.27. The maximum atomic E-state index is 12.4. The summed E-state index contributed by atoms with van der Waals surface area (Å²) in [6.45, 7) is 4.43. The highest BCUT2D eigenvalue weighted by Crippen LogP contribution is 2.25. The van der Waals surface area contributed by atoms with E-state index in [2.05, 4.69) is 26.6 Å². The Labute approximate surface area is 145 Å². The number of rotatable bonds is 4. The van der Waals surface area contributed by atoms with Crippen molar-refractivity contribution in [1.82, 2.24) is 29.2 Å². The SMILES string of the molecule is Cc1cnc(-c2cccnc2)n1CC1CN(C(=O)c2ccnn2C)C1. The van der Waals surface area contributed by atoms with E-state index in [0.717, 1.165) is 36.7 Å². The van der Waals surface area contributed by atoms with Gasteiger partial charge in [0.2, 0.25) is 0 Å². The number of imidazole rings is 1. The maximum Gasteiger partial charge on any atom is 0.272 e. The van der Waals surface area contributed by atoms with Crippen molar-refractivity contribution in [1.29, 1.82) is 0 Å². The number of pyridine rings is 1. The van der Waals surface area contributed by atoms with Gasteiger partial charge in [-0.05, 0) is 25.1 Å². The molecule has 1 fully saturated rings. The minimum absolute atomic E-state index is 0.0473. The van der Waals surface area contributed by atoms with Gasteiger partial charge in [0.1, 0.15) is 11.5 Å². The largest absolute Gasteiger partial charge is 0.336 e. The van der Waals surface area contributed by atoms with Crippen molar-refractivity contribution in [3.63, 3.8) is 0 Å². The van der Waals surface area contributed by atoms with Gasteiger partial charge in [0.25, 0.3) is 5.91 Å². The topological polar surface area (TPSA) is 68.8 Å². The van der Waals surface area contributed by atoms with Crippen molar-refractivity contribution in [2.24, 2.45) is 13.0 Å². The zero-order chi connectivity index (χ0) is 17.4. The van der Waals surface area contributed by atoms with Crippen LogP contribution in [0.25, 0.3) is 11.4 Å². The average molecular weight is 336 g/mol. The smallest absolute Gasteiger partial charge is 0.272 e. The molecule has 0 spiro atoms. The van der Waals surface area contributed by atoms with E-state index >= 15 is 0 Å². The molecule has 3 aromatic rings. The second kappa shape index (κ2) is 6.16. The molecule has 0 saturated carbocycles. The number of aryl methyl sites for hydroxylation is 2. The zero-order valence-electron chi connectivity index (χ0n) is 14.3. The third-order valence-electron chi connectivity index (χ3n) is 4.70. The zero-order valence-corrected chi connectivity index (χ0v) is 14.3. The van der Waals surface area contributed by atoms with E-state index < -0.39 is 0 Å². The molecule has 0 unspecified atom stereocenters. The minimum atomic E-state index is 0.0473. The molecule has 7 heteroatoms. The second-order valence-electron chi connectivity index (χ2n) is 6.49. The first-order valence-corrected chi connectivity index (χ1v) is 8.33. The molecule has 1 aliphatic heterocycles. The van der Waals surface area contributed by atoms with E-state index in [-0.39, 0.29) is 5.91 Å². The minimum Gasteiger partial charge on any atom is -0.336 e. The Hall–Kier alpha value is -2.96. The van der Waals surface area contributed by atoms with Crippen LogP contribution in [0.15, 0.2) is 43.0 Å². The quantitative estimate of drug-likeness (QED) is 0.728. The molecule has 0 aliphatic carbocycles. The third-order valence-corrected chi connectivity index (χ3v) is 4.70. The first kappa shape index (κ1) is 15.6. The van der Waals surface area contributed by atoms with E-state index in [0.29, 0.717) is 11.6 Å². The van der Waals surface area contributed by atoms with Crippen LogP contribution in [-0.2, 0) is 13.6 Å². The first-order valence-electron chi connectivity index (χ1n) is 8.33. The van der Waals surface area contributed by atoms with E-state index in [1.165, 1.54) is 0 Å². The fourth-order valence-electron chi connectivity index (χ4n) is 3.27. The molecule has 7 nitrogen and oxygen atoms in total. The van der Waals surface area contributed by atoms with Gasteiger partial charge in [0.05, 0.1) is 0 Å². The summed E-state index contributed by atoms with van der Waals surface area (Å²) in [6, 6.07) is 5.70. The number of hydrogen-bond donors (Lipinski definition) is 0. The first-order chi connectivity index (χ1) is 12.1. The second-order valence-corrected chi connectivity index (χ2v) is 6.49. The lowest BCUT2D eigenvalue weighted by molar-refractivity contribution is 0.0457. The summed E-state index contributed by atoms with van der Waals surface area (Å²) in [5.74, 6) is 1.41. The lowest BCUT2D eigenvalue weighted by Crippen LogP contribution is -2.51. The van der Waals surface area contributed by atoms with Gasteiger partial charge in [-0.1, -0.05) is 0 Å². The molecule has 0 N–H and O–H groups in total. The molecule has 3 aromatic heterocycles. The van der Waals surface area contributed by atoms with Crippen molar-refractivity contribution in [3.05, 3.63) is 54.4 Å². The van der Waals surface area contributed by atoms with Crippen molar-refractivity contribution in [3.8, 4) is 11.4 Å². The lowest BCUT2D eigenvalue weighted by Gasteiger charge is -2.39. The fraction of sp³-hybridized carbons (Fsp3) is 0.333. The Morgan fingerprint density at radius 2 is 2.08 bits per heavy atom. The van der Waals surface area contributed by atoms with E-state index in [1.54, 1.807) is 30.2 Å². The molecule has 0 aromatic carbocycles. The Kier molecular flexibility index (Phi) is 3.83. The molecule has 1 saturated heterocycles. The summed E-state index contributed by atoms with van der Waals surface area (Å²) < 4.78 is 3.84. The summed E-state index contributed by atoms with van der Waals surface area (Å²) in [6.07, 6.45) is 7.13. The number of amides is 1. The summed E-state index contributed by atoms with van der Waals surface area (Å²) in [5.41, 5.74) is 2.77. The van der Waals surface area contributed by atoms with Gasteiger partial charge >= 0.3 is 0 Å². The molecule has 25 heavy (non-hydrogen) atoms. The molecular weight excluding hydrogens is 316 g/mol. The van der Waals surface area contributed by atoms with Gasteiger partial charge < -0.3 is 9.47 Å². The molecule has 4 heterocycles. The Bertz CT molecular complexity index is 891. The van der Waals surface area contributed by atoms with Crippen LogP contribution in [0.4, 0.5) is 0 Å². The van der Waals surface area contributed by atoms with E-state index in [9.17, 15) is 4.79 Å². The normalized spacial score (nSPS) is 14.6. The highest BCUT2D eigenvalue weighted by Gasteiger charge is 2.33. The van der Waals surface area contributed by atoms with Crippen LogP contribution >= 0.6 is 0 Å². The van der Waals surface area contributed by atoms with E-state index in [4.69, 9.17) is 0 Å². The number of likely N-dealkylation sites (tertiary alicyclic amines) is 1. The van der Waals surface area contributed by atoms with Crippen LogP contribution in [0.1, 0.15) is 16.2 Å². The predicted octanol–water partition coefficient (Wildman–Crippen LogP) is 1.76. The van der Waals surface area contributed by atoms with Crippen molar-refractivity contribution in [2.45, 2.75) is 13.5 Å². The third kappa shape index (κ3) is 2.82. The number of carbonyl (C=O) groups is 1. The molecule has 128 valence electrons.